The van der Waals surface area contributed by atoms with Crippen LogP contribution in [-0.2, 0) is 0 Å². The van der Waals surface area contributed by atoms with Crippen molar-refractivity contribution >= 4 is 0 Å². The van der Waals surface area contributed by atoms with Crippen LogP contribution in [-0.4, -0.2) is 31.1 Å². The summed E-state index contributed by atoms with van der Waals surface area (Å²) in [6, 6.07) is 0. The molecule has 0 aromatic carbocycles. The first-order valence-corrected chi connectivity index (χ1v) is 5.98. The average Bonchev–Trinajstić information content (AvgIpc) is 2.12. The third-order valence-corrected chi connectivity index (χ3v) is 3.04. The fourth-order valence-corrected chi connectivity index (χ4v) is 1.84. The van der Waals surface area contributed by atoms with E-state index in [1.54, 1.807) is 0 Å². The highest BCUT2D eigenvalue weighted by molar-refractivity contribution is 4.69. The van der Waals surface area contributed by atoms with Gasteiger partial charge in [-0.25, -0.2) is 0 Å². The molecular formula is C12H28N2. The number of nitrogens with zero attached hydrogens (tertiary/aromatic N) is 1. The summed E-state index contributed by atoms with van der Waals surface area (Å²) < 4.78 is 0. The summed E-state index contributed by atoms with van der Waals surface area (Å²) in [5.41, 5.74) is 6.02. The monoisotopic (exact) mass is 200 g/mol. The Balaban J connectivity index is 3.60. The highest BCUT2D eigenvalue weighted by atomic mass is 15.1. The Morgan fingerprint density at radius 1 is 1.07 bits per heavy atom. The van der Waals surface area contributed by atoms with Crippen LogP contribution in [0, 0.1) is 5.41 Å². The number of hydrogen-bond donors (Lipinski definition) is 1. The van der Waals surface area contributed by atoms with Gasteiger partial charge in [0.05, 0.1) is 0 Å². The summed E-state index contributed by atoms with van der Waals surface area (Å²) in [7, 11) is 0. The molecule has 0 rings (SSSR count). The molecule has 0 aromatic heterocycles. The van der Waals surface area contributed by atoms with E-state index in [4.69, 9.17) is 5.73 Å². The fourth-order valence-electron chi connectivity index (χ4n) is 1.84. The molecule has 86 valence electrons. The molecule has 0 unspecified atom stereocenters. The molecule has 0 saturated carbocycles. The van der Waals surface area contributed by atoms with Crippen LogP contribution in [0.5, 0.6) is 0 Å². The van der Waals surface area contributed by atoms with Crippen LogP contribution >= 0.6 is 0 Å². The lowest BCUT2D eigenvalue weighted by molar-refractivity contribution is 0.250. The maximum Gasteiger partial charge on any atom is -0.00188 e. The van der Waals surface area contributed by atoms with Crippen molar-refractivity contribution in [3.8, 4) is 0 Å². The molecule has 2 N–H and O–H groups in total. The number of nitrogens with two attached hydrogens (primary N) is 1. The number of rotatable bonds is 8. The van der Waals surface area contributed by atoms with Gasteiger partial charge in [0.25, 0.3) is 0 Å². The fraction of sp³-hybridized carbons (Fsp3) is 1.00. The second-order valence-electron chi connectivity index (χ2n) is 4.83. The molecule has 0 aromatic rings. The van der Waals surface area contributed by atoms with Crippen molar-refractivity contribution in [3.63, 3.8) is 0 Å². The second kappa shape index (κ2) is 7.24. The lowest BCUT2D eigenvalue weighted by Gasteiger charge is -2.25. The number of hydrogen-bond acceptors (Lipinski definition) is 2. The Morgan fingerprint density at radius 3 is 2.07 bits per heavy atom. The van der Waals surface area contributed by atoms with Crippen molar-refractivity contribution in [1.29, 1.82) is 0 Å². The maximum atomic E-state index is 5.59. The standard InChI is InChI=1S/C12H28N2/c1-5-14(6-2)11-7-8-12(3,4)9-10-13/h5-11,13H2,1-4H3. The minimum absolute atomic E-state index is 0.432. The van der Waals surface area contributed by atoms with E-state index >= 15 is 0 Å². The summed E-state index contributed by atoms with van der Waals surface area (Å²) in [6.45, 7) is 13.5. The average molecular weight is 200 g/mol. The van der Waals surface area contributed by atoms with E-state index in [2.05, 4.69) is 32.6 Å². The molecule has 0 fully saturated rings. The van der Waals surface area contributed by atoms with Gasteiger partial charge in [0, 0.05) is 0 Å². The molecule has 0 bridgehead atoms. The molecule has 0 spiro atoms. The van der Waals surface area contributed by atoms with Crippen molar-refractivity contribution in [1.82, 2.24) is 4.90 Å². The van der Waals surface area contributed by atoms with E-state index in [1.165, 1.54) is 32.5 Å². The molecule has 0 amide bonds. The minimum Gasteiger partial charge on any atom is -0.330 e. The van der Waals surface area contributed by atoms with Crippen LogP contribution < -0.4 is 5.73 Å². The summed E-state index contributed by atoms with van der Waals surface area (Å²) in [5.74, 6) is 0. The third-order valence-electron chi connectivity index (χ3n) is 3.04. The van der Waals surface area contributed by atoms with Gasteiger partial charge >= 0.3 is 0 Å². The van der Waals surface area contributed by atoms with E-state index < -0.39 is 0 Å². The van der Waals surface area contributed by atoms with Crippen molar-refractivity contribution < 1.29 is 0 Å². The van der Waals surface area contributed by atoms with Gasteiger partial charge < -0.3 is 10.6 Å². The van der Waals surface area contributed by atoms with Gasteiger partial charge in [-0.3, -0.25) is 0 Å². The van der Waals surface area contributed by atoms with Crippen molar-refractivity contribution in [2.24, 2.45) is 11.1 Å². The van der Waals surface area contributed by atoms with Crippen LogP contribution in [0.4, 0.5) is 0 Å². The normalized spacial score (nSPS) is 12.4. The van der Waals surface area contributed by atoms with E-state index in [0.717, 1.165) is 13.0 Å². The van der Waals surface area contributed by atoms with Gasteiger partial charge in [-0.15, -0.1) is 0 Å². The van der Waals surface area contributed by atoms with Gasteiger partial charge in [-0.2, -0.15) is 0 Å². The van der Waals surface area contributed by atoms with Crippen LogP contribution in [0.2, 0.25) is 0 Å². The van der Waals surface area contributed by atoms with Crippen molar-refractivity contribution in [2.45, 2.75) is 47.0 Å². The lowest BCUT2D eigenvalue weighted by atomic mass is 9.84. The highest BCUT2D eigenvalue weighted by Gasteiger charge is 2.16. The molecular weight excluding hydrogens is 172 g/mol. The van der Waals surface area contributed by atoms with Gasteiger partial charge in [0.1, 0.15) is 0 Å². The van der Waals surface area contributed by atoms with Gasteiger partial charge in [-0.1, -0.05) is 27.7 Å². The lowest BCUT2D eigenvalue weighted by Crippen LogP contribution is -2.26. The Kier molecular flexibility index (Phi) is 7.20. The van der Waals surface area contributed by atoms with Gasteiger partial charge in [0.2, 0.25) is 0 Å². The van der Waals surface area contributed by atoms with Crippen molar-refractivity contribution in [3.05, 3.63) is 0 Å². The van der Waals surface area contributed by atoms with E-state index in [0.29, 0.717) is 5.41 Å². The quantitative estimate of drug-likeness (QED) is 0.652. The molecule has 0 atom stereocenters. The van der Waals surface area contributed by atoms with Crippen molar-refractivity contribution in [2.75, 3.05) is 26.2 Å². The van der Waals surface area contributed by atoms with Gasteiger partial charge in [-0.05, 0) is 50.9 Å². The molecule has 0 saturated heterocycles. The molecule has 2 nitrogen and oxygen atoms in total. The minimum atomic E-state index is 0.432. The van der Waals surface area contributed by atoms with Crippen LogP contribution in [0.15, 0.2) is 0 Å². The largest absolute Gasteiger partial charge is 0.330 e. The Morgan fingerprint density at radius 2 is 1.64 bits per heavy atom. The summed E-state index contributed by atoms with van der Waals surface area (Å²) >= 11 is 0. The third kappa shape index (κ3) is 6.39. The smallest absolute Gasteiger partial charge is 0.00188 e. The summed E-state index contributed by atoms with van der Waals surface area (Å²) in [5, 5.41) is 0. The second-order valence-corrected chi connectivity index (χ2v) is 4.83. The summed E-state index contributed by atoms with van der Waals surface area (Å²) in [6.07, 6.45) is 3.74. The molecule has 14 heavy (non-hydrogen) atoms. The molecule has 2 heteroatoms. The van der Waals surface area contributed by atoms with Crippen LogP contribution in [0.3, 0.4) is 0 Å². The molecule has 0 aliphatic rings. The Labute approximate surface area is 89.9 Å². The molecule has 0 aliphatic heterocycles. The molecule has 0 heterocycles. The van der Waals surface area contributed by atoms with Gasteiger partial charge in [0.15, 0.2) is 0 Å². The zero-order valence-electron chi connectivity index (χ0n) is 10.5. The summed E-state index contributed by atoms with van der Waals surface area (Å²) in [4.78, 5) is 2.48. The van der Waals surface area contributed by atoms with E-state index in [-0.39, 0.29) is 0 Å². The van der Waals surface area contributed by atoms with Crippen LogP contribution in [0.1, 0.15) is 47.0 Å². The maximum absolute atomic E-state index is 5.59. The first-order chi connectivity index (χ1) is 6.55. The molecule has 0 radical (unpaired) electrons. The topological polar surface area (TPSA) is 29.3 Å². The predicted octanol–water partition coefficient (Wildman–Crippen LogP) is 2.48. The van der Waals surface area contributed by atoms with Crippen LogP contribution in [0.25, 0.3) is 0 Å². The highest BCUT2D eigenvalue weighted by Crippen LogP contribution is 2.25. The van der Waals surface area contributed by atoms with E-state index in [1.807, 2.05) is 0 Å². The Bertz CT molecular complexity index is 128. The SMILES string of the molecule is CCN(CC)CCCC(C)(C)CCN. The first-order valence-electron chi connectivity index (χ1n) is 5.98. The molecule has 0 aliphatic carbocycles. The zero-order chi connectivity index (χ0) is 11.0. The van der Waals surface area contributed by atoms with E-state index in [9.17, 15) is 0 Å². The predicted molar refractivity (Wildman–Crippen MR) is 64.5 cm³/mol. The first kappa shape index (κ1) is 13.9. The Hall–Kier alpha value is -0.0800. The zero-order valence-corrected chi connectivity index (χ0v) is 10.5.